The van der Waals surface area contributed by atoms with Gasteiger partial charge in [-0.15, -0.1) is 0 Å². The lowest BCUT2D eigenvalue weighted by Gasteiger charge is -2.25. The van der Waals surface area contributed by atoms with Crippen LogP contribution in [0, 0.1) is 5.82 Å². The van der Waals surface area contributed by atoms with Crippen LogP contribution in [0.1, 0.15) is 30.5 Å². The molecule has 5 nitrogen and oxygen atoms in total. The van der Waals surface area contributed by atoms with Crippen molar-refractivity contribution in [3.05, 3.63) is 77.1 Å². The number of ether oxygens (including phenoxy) is 1. The Morgan fingerprint density at radius 2 is 1.79 bits per heavy atom. The van der Waals surface area contributed by atoms with Crippen LogP contribution in [0.5, 0.6) is 0 Å². The second-order valence-corrected chi connectivity index (χ2v) is 6.46. The van der Waals surface area contributed by atoms with Crippen molar-refractivity contribution in [3.63, 3.8) is 0 Å². The molecule has 0 aromatic heterocycles. The zero-order valence-corrected chi connectivity index (χ0v) is 15.6. The van der Waals surface area contributed by atoms with E-state index in [1.54, 1.807) is 0 Å². The molecular formula is C22H22FNO4. The molecule has 1 aliphatic rings. The minimum atomic E-state index is -0.743. The second-order valence-electron chi connectivity index (χ2n) is 6.46. The standard InChI is InChI=1S/C22H22FNO4/c1-2-28-14-6-13-24-19(15-7-4-3-5-8-15)18(21(26)22(24)27)20(25)16-9-11-17(23)12-10-16/h3-5,7-12,19,25H,2,6,13-14H2,1H3. The van der Waals surface area contributed by atoms with Gasteiger partial charge in [0, 0.05) is 25.3 Å². The Morgan fingerprint density at radius 3 is 2.43 bits per heavy atom. The van der Waals surface area contributed by atoms with Crippen molar-refractivity contribution in [1.82, 2.24) is 4.90 Å². The molecule has 146 valence electrons. The van der Waals surface area contributed by atoms with E-state index in [1.165, 1.54) is 29.2 Å². The average Bonchev–Trinajstić information content (AvgIpc) is 2.97. The van der Waals surface area contributed by atoms with Crippen molar-refractivity contribution >= 4 is 17.4 Å². The third-order valence-corrected chi connectivity index (χ3v) is 4.66. The molecule has 0 bridgehead atoms. The molecule has 1 heterocycles. The highest BCUT2D eigenvalue weighted by atomic mass is 19.1. The van der Waals surface area contributed by atoms with Gasteiger partial charge in [-0.2, -0.15) is 0 Å². The first-order valence-electron chi connectivity index (χ1n) is 9.21. The highest BCUT2D eigenvalue weighted by Gasteiger charge is 2.45. The topological polar surface area (TPSA) is 66.8 Å². The summed E-state index contributed by atoms with van der Waals surface area (Å²) in [7, 11) is 0. The number of aliphatic hydroxyl groups is 1. The van der Waals surface area contributed by atoms with Crippen LogP contribution in [-0.4, -0.2) is 41.5 Å². The largest absolute Gasteiger partial charge is 0.507 e. The van der Waals surface area contributed by atoms with E-state index in [9.17, 15) is 19.1 Å². The molecule has 1 atom stereocenters. The number of amides is 1. The molecule has 28 heavy (non-hydrogen) atoms. The number of rotatable bonds is 7. The van der Waals surface area contributed by atoms with Gasteiger partial charge in [0.15, 0.2) is 0 Å². The quantitative estimate of drug-likeness (QED) is 0.343. The normalized spacial score (nSPS) is 18.6. The number of benzene rings is 2. The molecule has 0 spiro atoms. The number of carbonyl (C=O) groups excluding carboxylic acids is 2. The van der Waals surface area contributed by atoms with Crippen molar-refractivity contribution in [2.24, 2.45) is 0 Å². The summed E-state index contributed by atoms with van der Waals surface area (Å²) in [6, 6.07) is 13.5. The first-order valence-corrected chi connectivity index (χ1v) is 9.21. The number of carbonyl (C=O) groups is 2. The molecule has 3 rings (SSSR count). The first kappa shape index (κ1) is 19.8. The highest BCUT2D eigenvalue weighted by Crippen LogP contribution is 2.39. The van der Waals surface area contributed by atoms with E-state index >= 15 is 0 Å². The summed E-state index contributed by atoms with van der Waals surface area (Å²) in [4.78, 5) is 26.9. The van der Waals surface area contributed by atoms with Crippen LogP contribution in [0.4, 0.5) is 4.39 Å². The third kappa shape index (κ3) is 3.97. The van der Waals surface area contributed by atoms with Crippen molar-refractivity contribution in [2.75, 3.05) is 19.8 Å². The molecule has 2 aromatic carbocycles. The molecule has 1 unspecified atom stereocenters. The molecule has 1 amide bonds. The fourth-order valence-corrected chi connectivity index (χ4v) is 3.34. The Bertz CT molecular complexity index is 877. The Balaban J connectivity index is 2.03. The number of ketones is 1. The number of aliphatic hydroxyl groups excluding tert-OH is 1. The smallest absolute Gasteiger partial charge is 0.295 e. The molecule has 1 saturated heterocycles. The molecule has 1 aliphatic heterocycles. The molecule has 0 aliphatic carbocycles. The maximum atomic E-state index is 13.2. The molecule has 0 saturated carbocycles. The summed E-state index contributed by atoms with van der Waals surface area (Å²) in [6.45, 7) is 3.26. The third-order valence-electron chi connectivity index (χ3n) is 4.66. The number of likely N-dealkylation sites (tertiary alicyclic amines) is 1. The number of hydrogen-bond acceptors (Lipinski definition) is 4. The Hall–Kier alpha value is -2.99. The van der Waals surface area contributed by atoms with Gasteiger partial charge in [0.25, 0.3) is 11.7 Å². The first-order chi connectivity index (χ1) is 13.5. The number of Topliss-reactive ketones (excluding diaryl/α,β-unsaturated/α-hetero) is 1. The summed E-state index contributed by atoms with van der Waals surface area (Å²) in [6.07, 6.45) is 0.570. The van der Waals surface area contributed by atoms with Crippen molar-refractivity contribution < 1.29 is 23.8 Å². The fourth-order valence-electron chi connectivity index (χ4n) is 3.34. The summed E-state index contributed by atoms with van der Waals surface area (Å²) in [5, 5.41) is 10.8. The minimum absolute atomic E-state index is 0.0132. The number of halogens is 1. The number of nitrogens with zero attached hydrogens (tertiary/aromatic N) is 1. The Morgan fingerprint density at radius 1 is 1.11 bits per heavy atom. The van der Waals surface area contributed by atoms with Crippen molar-refractivity contribution in [2.45, 2.75) is 19.4 Å². The molecule has 2 aromatic rings. The van der Waals surface area contributed by atoms with Gasteiger partial charge in [-0.05, 0) is 43.2 Å². The average molecular weight is 383 g/mol. The fraction of sp³-hybridized carbons (Fsp3) is 0.273. The van der Waals surface area contributed by atoms with E-state index in [-0.39, 0.29) is 16.9 Å². The lowest BCUT2D eigenvalue weighted by Crippen LogP contribution is -2.31. The molecule has 6 heteroatoms. The van der Waals surface area contributed by atoms with Gasteiger partial charge in [-0.3, -0.25) is 9.59 Å². The van der Waals surface area contributed by atoms with E-state index in [0.29, 0.717) is 26.2 Å². The van der Waals surface area contributed by atoms with Gasteiger partial charge >= 0.3 is 0 Å². The van der Waals surface area contributed by atoms with E-state index in [2.05, 4.69) is 0 Å². The van der Waals surface area contributed by atoms with Crippen LogP contribution in [0.2, 0.25) is 0 Å². The van der Waals surface area contributed by atoms with Gasteiger partial charge in [0.1, 0.15) is 11.6 Å². The van der Waals surface area contributed by atoms with Crippen LogP contribution in [-0.2, 0) is 14.3 Å². The van der Waals surface area contributed by atoms with E-state index in [4.69, 9.17) is 4.74 Å². The van der Waals surface area contributed by atoms with Crippen molar-refractivity contribution in [3.8, 4) is 0 Å². The summed E-state index contributed by atoms with van der Waals surface area (Å²) < 4.78 is 18.6. The van der Waals surface area contributed by atoms with Gasteiger partial charge in [0.05, 0.1) is 11.6 Å². The Kier molecular flexibility index (Phi) is 6.21. The van der Waals surface area contributed by atoms with Crippen LogP contribution in [0.3, 0.4) is 0 Å². The van der Waals surface area contributed by atoms with Gasteiger partial charge in [-0.1, -0.05) is 30.3 Å². The van der Waals surface area contributed by atoms with Gasteiger partial charge in [0.2, 0.25) is 0 Å². The molecule has 0 radical (unpaired) electrons. The van der Waals surface area contributed by atoms with E-state index in [1.807, 2.05) is 37.3 Å². The summed E-state index contributed by atoms with van der Waals surface area (Å²) in [5.41, 5.74) is 1.02. The Labute approximate surface area is 163 Å². The summed E-state index contributed by atoms with van der Waals surface area (Å²) >= 11 is 0. The van der Waals surface area contributed by atoms with E-state index < -0.39 is 23.5 Å². The summed E-state index contributed by atoms with van der Waals surface area (Å²) in [5.74, 6) is -2.16. The highest BCUT2D eigenvalue weighted by molar-refractivity contribution is 6.46. The maximum absolute atomic E-state index is 13.2. The monoisotopic (exact) mass is 383 g/mol. The number of hydrogen-bond donors (Lipinski definition) is 1. The molecular weight excluding hydrogens is 361 g/mol. The molecule has 1 N–H and O–H groups in total. The lowest BCUT2D eigenvalue weighted by atomic mass is 9.95. The SMILES string of the molecule is CCOCCCN1C(=O)C(=O)C(=C(O)c2ccc(F)cc2)C1c1ccccc1. The maximum Gasteiger partial charge on any atom is 0.295 e. The van der Waals surface area contributed by atoms with Crippen LogP contribution in [0.15, 0.2) is 60.2 Å². The minimum Gasteiger partial charge on any atom is -0.507 e. The van der Waals surface area contributed by atoms with Gasteiger partial charge < -0.3 is 14.7 Å². The van der Waals surface area contributed by atoms with Crippen LogP contribution in [0.25, 0.3) is 5.76 Å². The zero-order chi connectivity index (χ0) is 20.1. The van der Waals surface area contributed by atoms with Crippen LogP contribution < -0.4 is 0 Å². The zero-order valence-electron chi connectivity index (χ0n) is 15.6. The second kappa shape index (κ2) is 8.80. The predicted octanol–water partition coefficient (Wildman–Crippen LogP) is 3.67. The van der Waals surface area contributed by atoms with Crippen molar-refractivity contribution in [1.29, 1.82) is 0 Å². The predicted molar refractivity (Wildman–Crippen MR) is 103 cm³/mol. The van der Waals surface area contributed by atoms with E-state index in [0.717, 1.165) is 5.56 Å². The lowest BCUT2D eigenvalue weighted by molar-refractivity contribution is -0.140. The van der Waals surface area contributed by atoms with Crippen LogP contribution >= 0.6 is 0 Å². The molecule has 1 fully saturated rings. The van der Waals surface area contributed by atoms with Gasteiger partial charge in [-0.25, -0.2) is 4.39 Å².